The quantitative estimate of drug-likeness (QED) is 0.633. The highest BCUT2D eigenvalue weighted by Gasteiger charge is 2.23. The highest BCUT2D eigenvalue weighted by Crippen LogP contribution is 2.19. The van der Waals surface area contributed by atoms with E-state index in [4.69, 9.17) is 0 Å². The van der Waals surface area contributed by atoms with Crippen molar-refractivity contribution in [3.63, 3.8) is 0 Å². The van der Waals surface area contributed by atoms with E-state index in [0.29, 0.717) is 22.9 Å². The van der Waals surface area contributed by atoms with Crippen molar-refractivity contribution in [2.75, 3.05) is 5.32 Å². The summed E-state index contributed by atoms with van der Waals surface area (Å²) in [5.74, 6) is -0.488. The van der Waals surface area contributed by atoms with Crippen LogP contribution in [-0.2, 0) is 4.79 Å². The SMILES string of the molecule is CC(C)NC(=O)c1ccc(NC(=O)/C=C/c2ccc(C(=O)NC3CC3)cc2)cc1. The van der Waals surface area contributed by atoms with Crippen LogP contribution in [-0.4, -0.2) is 29.8 Å². The molecule has 0 atom stereocenters. The average Bonchev–Trinajstić information content (AvgIpc) is 3.51. The van der Waals surface area contributed by atoms with Crippen LogP contribution < -0.4 is 16.0 Å². The molecule has 3 N–H and O–H groups in total. The third kappa shape index (κ3) is 6.31. The first-order valence-corrected chi connectivity index (χ1v) is 9.71. The first-order chi connectivity index (χ1) is 13.9. The monoisotopic (exact) mass is 391 g/mol. The molecule has 2 aromatic carbocycles. The van der Waals surface area contributed by atoms with Crippen molar-refractivity contribution in [2.45, 2.75) is 38.8 Å². The van der Waals surface area contributed by atoms with E-state index >= 15 is 0 Å². The number of benzene rings is 2. The molecule has 6 nitrogen and oxygen atoms in total. The van der Waals surface area contributed by atoms with Crippen LogP contribution in [0.1, 0.15) is 53.0 Å². The summed E-state index contributed by atoms with van der Waals surface area (Å²) in [5, 5.41) is 8.52. The third-order valence-corrected chi connectivity index (χ3v) is 4.35. The van der Waals surface area contributed by atoms with Crippen LogP contribution in [0.15, 0.2) is 54.6 Å². The van der Waals surface area contributed by atoms with E-state index in [1.54, 1.807) is 54.6 Å². The minimum Gasteiger partial charge on any atom is -0.350 e. The molecule has 1 aliphatic carbocycles. The Kier molecular flexibility index (Phi) is 6.44. The van der Waals surface area contributed by atoms with E-state index in [1.165, 1.54) is 6.08 Å². The van der Waals surface area contributed by atoms with Gasteiger partial charge in [0.15, 0.2) is 0 Å². The van der Waals surface area contributed by atoms with Gasteiger partial charge >= 0.3 is 0 Å². The van der Waals surface area contributed by atoms with Crippen molar-refractivity contribution in [3.05, 3.63) is 71.3 Å². The fraction of sp³-hybridized carbons (Fsp3) is 0.261. The van der Waals surface area contributed by atoms with Crippen molar-refractivity contribution in [3.8, 4) is 0 Å². The van der Waals surface area contributed by atoms with Crippen molar-refractivity contribution in [1.29, 1.82) is 0 Å². The lowest BCUT2D eigenvalue weighted by Crippen LogP contribution is -2.29. The van der Waals surface area contributed by atoms with E-state index in [9.17, 15) is 14.4 Å². The minimum atomic E-state index is -0.278. The number of amides is 3. The van der Waals surface area contributed by atoms with Gasteiger partial charge in [0.1, 0.15) is 0 Å². The number of carbonyl (C=O) groups is 3. The number of carbonyl (C=O) groups excluding carboxylic acids is 3. The largest absolute Gasteiger partial charge is 0.350 e. The maximum Gasteiger partial charge on any atom is 0.251 e. The molecule has 1 aliphatic rings. The summed E-state index contributed by atoms with van der Waals surface area (Å²) in [6.45, 7) is 3.80. The van der Waals surface area contributed by atoms with Crippen molar-refractivity contribution in [2.24, 2.45) is 0 Å². The molecule has 1 fully saturated rings. The summed E-state index contributed by atoms with van der Waals surface area (Å²) in [4.78, 5) is 36.0. The van der Waals surface area contributed by atoms with Gasteiger partial charge in [0.25, 0.3) is 11.8 Å². The Morgan fingerprint density at radius 2 is 1.48 bits per heavy atom. The van der Waals surface area contributed by atoms with Crippen LogP contribution >= 0.6 is 0 Å². The van der Waals surface area contributed by atoms with Gasteiger partial charge in [0, 0.05) is 35.0 Å². The van der Waals surface area contributed by atoms with Gasteiger partial charge in [-0.25, -0.2) is 0 Å². The van der Waals surface area contributed by atoms with Crippen molar-refractivity contribution in [1.82, 2.24) is 10.6 Å². The summed E-state index contributed by atoms with van der Waals surface area (Å²) in [6.07, 6.45) is 5.21. The second-order valence-electron chi connectivity index (χ2n) is 7.40. The number of hydrogen-bond acceptors (Lipinski definition) is 3. The molecule has 0 bridgehead atoms. The van der Waals surface area contributed by atoms with Crippen molar-refractivity contribution >= 4 is 29.5 Å². The molecule has 0 saturated heterocycles. The molecule has 0 unspecified atom stereocenters. The number of anilines is 1. The fourth-order valence-electron chi connectivity index (χ4n) is 2.65. The Morgan fingerprint density at radius 1 is 0.897 bits per heavy atom. The predicted molar refractivity (Wildman–Crippen MR) is 114 cm³/mol. The molecule has 0 heterocycles. The minimum absolute atomic E-state index is 0.0636. The van der Waals surface area contributed by atoms with E-state index in [-0.39, 0.29) is 23.8 Å². The normalized spacial score (nSPS) is 13.3. The Bertz CT molecular complexity index is 911. The summed E-state index contributed by atoms with van der Waals surface area (Å²) in [5.41, 5.74) is 2.58. The van der Waals surface area contributed by atoms with E-state index < -0.39 is 0 Å². The van der Waals surface area contributed by atoms with Crippen LogP contribution in [0.3, 0.4) is 0 Å². The van der Waals surface area contributed by atoms with Crippen LogP contribution in [0.5, 0.6) is 0 Å². The molecule has 0 spiro atoms. The first-order valence-electron chi connectivity index (χ1n) is 9.71. The summed E-state index contributed by atoms with van der Waals surface area (Å²) in [6, 6.07) is 14.2. The number of rotatable bonds is 7. The van der Waals surface area contributed by atoms with Gasteiger partial charge in [-0.3, -0.25) is 14.4 Å². The maximum absolute atomic E-state index is 12.1. The van der Waals surface area contributed by atoms with Gasteiger partial charge < -0.3 is 16.0 Å². The molecule has 2 aromatic rings. The Morgan fingerprint density at radius 3 is 2.07 bits per heavy atom. The van der Waals surface area contributed by atoms with E-state index in [1.807, 2.05) is 13.8 Å². The van der Waals surface area contributed by atoms with Crippen molar-refractivity contribution < 1.29 is 14.4 Å². The summed E-state index contributed by atoms with van der Waals surface area (Å²) < 4.78 is 0. The Hall–Kier alpha value is -3.41. The second-order valence-corrected chi connectivity index (χ2v) is 7.40. The molecule has 29 heavy (non-hydrogen) atoms. The highest BCUT2D eigenvalue weighted by molar-refractivity contribution is 6.02. The van der Waals surface area contributed by atoms with Gasteiger partial charge in [-0.05, 0) is 74.7 Å². The lowest BCUT2D eigenvalue weighted by Gasteiger charge is -2.09. The van der Waals surface area contributed by atoms with Crippen LogP contribution in [0.25, 0.3) is 6.08 Å². The van der Waals surface area contributed by atoms with Gasteiger partial charge in [-0.15, -0.1) is 0 Å². The Balaban J connectivity index is 1.52. The number of hydrogen-bond donors (Lipinski definition) is 3. The molecular formula is C23H25N3O3. The van der Waals surface area contributed by atoms with E-state index in [2.05, 4.69) is 16.0 Å². The molecule has 0 aliphatic heterocycles. The smallest absolute Gasteiger partial charge is 0.251 e. The van der Waals surface area contributed by atoms with Gasteiger partial charge in [0.2, 0.25) is 5.91 Å². The molecule has 3 rings (SSSR count). The number of nitrogens with one attached hydrogen (secondary N) is 3. The van der Waals surface area contributed by atoms with Crippen LogP contribution in [0.4, 0.5) is 5.69 Å². The van der Waals surface area contributed by atoms with Gasteiger partial charge in [-0.2, -0.15) is 0 Å². The third-order valence-electron chi connectivity index (χ3n) is 4.35. The second kappa shape index (κ2) is 9.19. The van der Waals surface area contributed by atoms with Crippen LogP contribution in [0.2, 0.25) is 0 Å². The molecule has 6 heteroatoms. The standard InChI is InChI=1S/C23H25N3O3/c1-15(2)24-22(28)18-8-10-19(11-9-18)25-21(27)14-5-16-3-6-17(7-4-16)23(29)26-20-12-13-20/h3-11,14-15,20H,12-13H2,1-2H3,(H,24,28)(H,25,27)(H,26,29)/b14-5+. The lowest BCUT2D eigenvalue weighted by molar-refractivity contribution is -0.111. The predicted octanol–water partition coefficient (Wildman–Crippen LogP) is 3.37. The van der Waals surface area contributed by atoms with Crippen LogP contribution in [0, 0.1) is 0 Å². The zero-order valence-corrected chi connectivity index (χ0v) is 16.6. The average molecular weight is 391 g/mol. The molecular weight excluding hydrogens is 366 g/mol. The molecule has 3 amide bonds. The van der Waals surface area contributed by atoms with Gasteiger partial charge in [0.05, 0.1) is 0 Å². The lowest BCUT2D eigenvalue weighted by atomic mass is 10.1. The Labute approximate surface area is 170 Å². The summed E-state index contributed by atoms with van der Waals surface area (Å²) >= 11 is 0. The van der Waals surface area contributed by atoms with E-state index in [0.717, 1.165) is 18.4 Å². The summed E-state index contributed by atoms with van der Waals surface area (Å²) in [7, 11) is 0. The zero-order chi connectivity index (χ0) is 20.8. The molecule has 150 valence electrons. The zero-order valence-electron chi connectivity index (χ0n) is 16.6. The van der Waals surface area contributed by atoms with Gasteiger partial charge in [-0.1, -0.05) is 12.1 Å². The molecule has 0 aromatic heterocycles. The highest BCUT2D eigenvalue weighted by atomic mass is 16.2. The molecule has 1 saturated carbocycles. The maximum atomic E-state index is 12.1. The fourth-order valence-corrected chi connectivity index (χ4v) is 2.65. The topological polar surface area (TPSA) is 87.3 Å². The molecule has 0 radical (unpaired) electrons. The first kappa shape index (κ1) is 20.3.